The summed E-state index contributed by atoms with van der Waals surface area (Å²) in [7, 11) is 0. The monoisotopic (exact) mass is 260 g/mol. The first kappa shape index (κ1) is 13.3. The number of aromatic carboxylic acids is 1. The number of carbonyl (C=O) groups is 1. The Balaban J connectivity index is 2.50. The third kappa shape index (κ3) is 2.66. The van der Waals surface area contributed by atoms with Crippen molar-refractivity contribution in [1.29, 1.82) is 0 Å². The van der Waals surface area contributed by atoms with Gasteiger partial charge in [0.1, 0.15) is 17.4 Å². The van der Waals surface area contributed by atoms with Crippen LogP contribution in [0.1, 0.15) is 36.0 Å². The molecule has 5 nitrogen and oxygen atoms in total. The molecule has 1 aromatic heterocycles. The Kier molecular flexibility index (Phi) is 3.66. The van der Waals surface area contributed by atoms with Gasteiger partial charge in [-0.2, -0.15) is 5.10 Å². The Morgan fingerprint density at radius 2 is 1.89 bits per heavy atom. The highest BCUT2D eigenvalue weighted by Crippen LogP contribution is 2.24. The topological polar surface area (TPSA) is 75.4 Å². The van der Waals surface area contributed by atoms with Gasteiger partial charge in [0.25, 0.3) is 0 Å². The summed E-state index contributed by atoms with van der Waals surface area (Å²) in [6, 6.07) is 9.20. The lowest BCUT2D eigenvalue weighted by Gasteiger charge is -2.12. The van der Waals surface area contributed by atoms with Crippen molar-refractivity contribution in [2.45, 2.75) is 20.0 Å². The van der Waals surface area contributed by atoms with Crippen LogP contribution in [-0.2, 0) is 0 Å². The number of hydrogen-bond acceptors (Lipinski definition) is 3. The van der Waals surface area contributed by atoms with Crippen molar-refractivity contribution in [2.75, 3.05) is 0 Å². The third-order valence-corrected chi connectivity index (χ3v) is 2.91. The highest BCUT2D eigenvalue weighted by molar-refractivity contribution is 5.88. The molecule has 0 bridgehead atoms. The van der Waals surface area contributed by atoms with E-state index in [4.69, 9.17) is 0 Å². The molecule has 100 valence electrons. The molecule has 0 fully saturated rings. The van der Waals surface area contributed by atoms with Crippen LogP contribution in [-0.4, -0.2) is 26.0 Å². The Bertz CT molecular complexity index is 576. The van der Waals surface area contributed by atoms with E-state index in [1.54, 1.807) is 0 Å². The summed E-state index contributed by atoms with van der Waals surface area (Å²) in [5.74, 6) is -1.19. The minimum atomic E-state index is -1.09. The lowest BCUT2D eigenvalue weighted by molar-refractivity contribution is 0.0681. The molecule has 0 saturated carbocycles. The quantitative estimate of drug-likeness (QED) is 0.884. The summed E-state index contributed by atoms with van der Waals surface area (Å²) in [6.45, 7) is 3.63. The van der Waals surface area contributed by atoms with Crippen LogP contribution < -0.4 is 0 Å². The molecule has 1 heterocycles. The van der Waals surface area contributed by atoms with Crippen LogP contribution in [0.15, 0.2) is 36.5 Å². The number of para-hydroxylation sites is 1. The normalized spacial score (nSPS) is 12.6. The zero-order valence-electron chi connectivity index (χ0n) is 10.8. The van der Waals surface area contributed by atoms with E-state index < -0.39 is 12.1 Å². The second-order valence-corrected chi connectivity index (χ2v) is 4.70. The second kappa shape index (κ2) is 5.24. The van der Waals surface area contributed by atoms with Gasteiger partial charge in [-0.05, 0) is 18.1 Å². The molecule has 0 amide bonds. The molecule has 19 heavy (non-hydrogen) atoms. The van der Waals surface area contributed by atoms with Crippen LogP contribution >= 0.6 is 0 Å². The molecule has 2 aromatic rings. The number of aliphatic hydroxyl groups is 1. The minimum absolute atomic E-state index is 0.0325. The van der Waals surface area contributed by atoms with Gasteiger partial charge in [0.2, 0.25) is 0 Å². The number of nitrogens with zero attached hydrogens (tertiary/aromatic N) is 2. The Morgan fingerprint density at radius 1 is 1.26 bits per heavy atom. The molecule has 1 atom stereocenters. The molecular weight excluding hydrogens is 244 g/mol. The number of carboxylic acids is 1. The van der Waals surface area contributed by atoms with Gasteiger partial charge in [0.15, 0.2) is 0 Å². The molecule has 2 rings (SSSR count). The maximum absolute atomic E-state index is 11.2. The van der Waals surface area contributed by atoms with Crippen LogP contribution in [0.4, 0.5) is 0 Å². The zero-order chi connectivity index (χ0) is 14.0. The van der Waals surface area contributed by atoms with E-state index in [0.717, 1.165) is 5.69 Å². The van der Waals surface area contributed by atoms with Gasteiger partial charge in [0.05, 0.1) is 5.69 Å². The van der Waals surface area contributed by atoms with E-state index >= 15 is 0 Å². The van der Waals surface area contributed by atoms with Crippen LogP contribution in [0.5, 0.6) is 0 Å². The Morgan fingerprint density at radius 3 is 2.42 bits per heavy atom. The molecule has 0 saturated heterocycles. The standard InChI is InChI=1S/C14H16N2O3/c1-9(2)13(17)12-11(14(18)19)8-16(15-12)10-6-4-3-5-7-10/h3-9,13,17H,1-2H3,(H,18,19). The molecule has 1 aromatic carbocycles. The number of carboxylic acid groups (broad SMARTS) is 1. The fourth-order valence-electron chi connectivity index (χ4n) is 1.80. The maximum atomic E-state index is 11.2. The van der Waals surface area contributed by atoms with Gasteiger partial charge in [-0.1, -0.05) is 32.0 Å². The predicted molar refractivity (Wildman–Crippen MR) is 70.3 cm³/mol. The molecular formula is C14H16N2O3. The van der Waals surface area contributed by atoms with E-state index in [0.29, 0.717) is 0 Å². The molecule has 1 unspecified atom stereocenters. The van der Waals surface area contributed by atoms with Gasteiger partial charge < -0.3 is 10.2 Å². The fraction of sp³-hybridized carbons (Fsp3) is 0.286. The van der Waals surface area contributed by atoms with Gasteiger partial charge in [0, 0.05) is 6.20 Å². The lowest BCUT2D eigenvalue weighted by atomic mass is 10.0. The Labute approximate surface area is 111 Å². The van der Waals surface area contributed by atoms with Crippen molar-refractivity contribution >= 4 is 5.97 Å². The number of aliphatic hydroxyl groups excluding tert-OH is 1. The van der Waals surface area contributed by atoms with E-state index in [9.17, 15) is 15.0 Å². The van der Waals surface area contributed by atoms with Gasteiger partial charge in [-0.25, -0.2) is 9.48 Å². The highest BCUT2D eigenvalue weighted by atomic mass is 16.4. The largest absolute Gasteiger partial charge is 0.478 e. The van der Waals surface area contributed by atoms with Gasteiger partial charge >= 0.3 is 5.97 Å². The first-order valence-corrected chi connectivity index (χ1v) is 6.07. The van der Waals surface area contributed by atoms with E-state index in [2.05, 4.69) is 5.10 Å². The first-order valence-electron chi connectivity index (χ1n) is 6.07. The number of benzene rings is 1. The fourth-order valence-corrected chi connectivity index (χ4v) is 1.80. The van der Waals surface area contributed by atoms with Gasteiger partial charge in [-0.15, -0.1) is 0 Å². The summed E-state index contributed by atoms with van der Waals surface area (Å²) >= 11 is 0. The van der Waals surface area contributed by atoms with Crippen LogP contribution in [0.25, 0.3) is 5.69 Å². The van der Waals surface area contributed by atoms with Crippen molar-refractivity contribution in [1.82, 2.24) is 9.78 Å². The smallest absolute Gasteiger partial charge is 0.339 e. The van der Waals surface area contributed by atoms with Crippen LogP contribution in [0.3, 0.4) is 0 Å². The average Bonchev–Trinajstić information content (AvgIpc) is 2.83. The molecule has 0 aliphatic heterocycles. The number of hydrogen-bond donors (Lipinski definition) is 2. The van der Waals surface area contributed by atoms with E-state index in [1.165, 1.54) is 10.9 Å². The lowest BCUT2D eigenvalue weighted by Crippen LogP contribution is -2.11. The molecule has 0 spiro atoms. The number of rotatable bonds is 4. The van der Waals surface area contributed by atoms with Crippen LogP contribution in [0, 0.1) is 5.92 Å². The number of aromatic nitrogens is 2. The molecule has 5 heteroatoms. The summed E-state index contributed by atoms with van der Waals surface area (Å²) in [5, 5.41) is 23.4. The molecule has 0 aliphatic rings. The second-order valence-electron chi connectivity index (χ2n) is 4.70. The summed E-state index contributed by atoms with van der Waals surface area (Å²) in [6.07, 6.45) is 0.537. The predicted octanol–water partition coefficient (Wildman–Crippen LogP) is 2.26. The third-order valence-electron chi connectivity index (χ3n) is 2.91. The van der Waals surface area contributed by atoms with Crippen molar-refractivity contribution < 1.29 is 15.0 Å². The first-order chi connectivity index (χ1) is 9.00. The summed E-state index contributed by atoms with van der Waals surface area (Å²) < 4.78 is 1.48. The van der Waals surface area contributed by atoms with Crippen molar-refractivity contribution in [3.05, 3.63) is 47.8 Å². The SMILES string of the molecule is CC(C)C(O)c1nn(-c2ccccc2)cc1C(=O)O. The van der Waals surface area contributed by atoms with Gasteiger partial charge in [-0.3, -0.25) is 0 Å². The molecule has 2 N–H and O–H groups in total. The minimum Gasteiger partial charge on any atom is -0.478 e. The highest BCUT2D eigenvalue weighted by Gasteiger charge is 2.24. The van der Waals surface area contributed by atoms with E-state index in [1.807, 2.05) is 44.2 Å². The van der Waals surface area contributed by atoms with Crippen molar-refractivity contribution in [3.8, 4) is 5.69 Å². The average molecular weight is 260 g/mol. The summed E-state index contributed by atoms with van der Waals surface area (Å²) in [5.41, 5.74) is 0.989. The molecule has 0 aliphatic carbocycles. The van der Waals surface area contributed by atoms with Crippen molar-refractivity contribution in [2.24, 2.45) is 5.92 Å². The summed E-state index contributed by atoms with van der Waals surface area (Å²) in [4.78, 5) is 11.2. The zero-order valence-corrected chi connectivity index (χ0v) is 10.8. The van der Waals surface area contributed by atoms with Crippen LogP contribution in [0.2, 0.25) is 0 Å². The van der Waals surface area contributed by atoms with Crippen molar-refractivity contribution in [3.63, 3.8) is 0 Å². The maximum Gasteiger partial charge on any atom is 0.339 e. The van der Waals surface area contributed by atoms with E-state index in [-0.39, 0.29) is 17.2 Å². The Hall–Kier alpha value is -2.14. The molecule has 0 radical (unpaired) electrons.